The second kappa shape index (κ2) is 10.1. The summed E-state index contributed by atoms with van der Waals surface area (Å²) in [4.78, 5) is 31.9. The van der Waals surface area contributed by atoms with Crippen LogP contribution in [-0.2, 0) is 29.0 Å². The number of pyridine rings is 1. The van der Waals surface area contributed by atoms with Crippen LogP contribution in [0, 0.1) is 0 Å². The molecule has 1 aromatic carbocycles. The molecule has 1 N–H and O–H groups in total. The van der Waals surface area contributed by atoms with E-state index in [0.29, 0.717) is 38.6 Å². The van der Waals surface area contributed by atoms with E-state index in [1.807, 2.05) is 30.3 Å². The van der Waals surface area contributed by atoms with E-state index in [-0.39, 0.29) is 17.6 Å². The second-order valence-electron chi connectivity index (χ2n) is 7.46. The molecule has 1 atom stereocenters. The molecule has 0 saturated heterocycles. The van der Waals surface area contributed by atoms with E-state index in [2.05, 4.69) is 10.3 Å². The molecule has 1 unspecified atom stereocenters. The van der Waals surface area contributed by atoms with Crippen LogP contribution < -0.4 is 10.1 Å². The number of carbonyl (C=O) groups excluding carboxylic acids is 2. The molecule has 3 heterocycles. The van der Waals surface area contributed by atoms with Crippen molar-refractivity contribution in [3.05, 3.63) is 83.4 Å². The van der Waals surface area contributed by atoms with Gasteiger partial charge in [-0.3, -0.25) is 9.59 Å². The number of carbonyl (C=O) groups is 2. The fraction of sp³-hybridized carbons (Fsp3) is 0.292. The van der Waals surface area contributed by atoms with Crippen LogP contribution in [-0.4, -0.2) is 48.1 Å². The zero-order chi connectivity index (χ0) is 22.3. The Bertz CT molecular complexity index is 1050. The lowest BCUT2D eigenvalue weighted by Gasteiger charge is -2.35. The Hall–Kier alpha value is -3.65. The van der Waals surface area contributed by atoms with Crippen molar-refractivity contribution >= 4 is 11.8 Å². The fourth-order valence-electron chi connectivity index (χ4n) is 3.65. The van der Waals surface area contributed by atoms with Crippen LogP contribution in [0.25, 0.3) is 0 Å². The topological polar surface area (TPSA) is 93.9 Å². The third-order valence-corrected chi connectivity index (χ3v) is 5.35. The minimum atomic E-state index is -0.632. The van der Waals surface area contributed by atoms with Gasteiger partial charge in [0.05, 0.1) is 12.9 Å². The lowest BCUT2D eigenvalue weighted by Crippen LogP contribution is -2.52. The number of furan rings is 1. The molecule has 1 aliphatic rings. The number of rotatable bonds is 8. The average Bonchev–Trinajstić information content (AvgIpc) is 3.37. The van der Waals surface area contributed by atoms with Crippen molar-refractivity contribution in [3.63, 3.8) is 0 Å². The Kier molecular flexibility index (Phi) is 6.81. The van der Waals surface area contributed by atoms with E-state index in [1.54, 1.807) is 36.4 Å². The third kappa shape index (κ3) is 4.97. The largest absolute Gasteiger partial charge is 0.475 e. The molecule has 2 amide bonds. The fourth-order valence-corrected chi connectivity index (χ4v) is 3.65. The first-order valence-corrected chi connectivity index (χ1v) is 10.4. The highest BCUT2D eigenvalue weighted by molar-refractivity contribution is 5.96. The molecule has 8 nitrogen and oxygen atoms in total. The van der Waals surface area contributed by atoms with Crippen LogP contribution in [0.15, 0.2) is 65.4 Å². The van der Waals surface area contributed by atoms with Gasteiger partial charge >= 0.3 is 0 Å². The standard InChI is InChI=1S/C24H25N3O5/c1-30-11-12-32-22-9-8-17(14-25-22)15-26-23(28)20-13-18-5-2-3-6-19(18)16-27(20)24(29)21-7-4-10-31-21/h2-10,14,20H,11-13,15-16H2,1H3,(H,26,28). The molecule has 166 valence electrons. The van der Waals surface area contributed by atoms with Crippen molar-refractivity contribution in [1.82, 2.24) is 15.2 Å². The summed E-state index contributed by atoms with van der Waals surface area (Å²) in [5.41, 5.74) is 2.93. The molecular weight excluding hydrogens is 410 g/mol. The number of amides is 2. The van der Waals surface area contributed by atoms with Crippen molar-refractivity contribution in [3.8, 4) is 5.88 Å². The summed E-state index contributed by atoms with van der Waals surface area (Å²) in [5, 5.41) is 2.94. The molecule has 32 heavy (non-hydrogen) atoms. The third-order valence-electron chi connectivity index (χ3n) is 5.35. The van der Waals surface area contributed by atoms with E-state index in [1.165, 1.54) is 6.26 Å². The number of hydrogen-bond acceptors (Lipinski definition) is 6. The molecule has 0 aliphatic carbocycles. The minimum absolute atomic E-state index is 0.218. The zero-order valence-corrected chi connectivity index (χ0v) is 17.8. The maximum Gasteiger partial charge on any atom is 0.290 e. The van der Waals surface area contributed by atoms with Crippen LogP contribution in [0.3, 0.4) is 0 Å². The number of hydrogen-bond donors (Lipinski definition) is 1. The number of methoxy groups -OCH3 is 1. The van der Waals surface area contributed by atoms with Gasteiger partial charge in [-0.2, -0.15) is 0 Å². The maximum atomic E-state index is 13.1. The molecule has 1 aliphatic heterocycles. The Labute approximate surface area is 186 Å². The number of nitrogens with zero attached hydrogens (tertiary/aromatic N) is 2. The van der Waals surface area contributed by atoms with Crippen LogP contribution in [0.2, 0.25) is 0 Å². The lowest BCUT2D eigenvalue weighted by atomic mass is 9.93. The maximum absolute atomic E-state index is 13.1. The first kappa shape index (κ1) is 21.6. The van der Waals surface area contributed by atoms with Gasteiger partial charge in [0.15, 0.2) is 5.76 Å². The lowest BCUT2D eigenvalue weighted by molar-refractivity contribution is -0.126. The Balaban J connectivity index is 1.44. The zero-order valence-electron chi connectivity index (χ0n) is 17.8. The van der Waals surface area contributed by atoms with Crippen molar-refractivity contribution in [2.75, 3.05) is 20.3 Å². The number of nitrogens with one attached hydrogen (secondary N) is 1. The number of benzene rings is 1. The normalized spacial score (nSPS) is 15.2. The van der Waals surface area contributed by atoms with Gasteiger partial charge in [0.2, 0.25) is 11.8 Å². The minimum Gasteiger partial charge on any atom is -0.475 e. The summed E-state index contributed by atoms with van der Waals surface area (Å²) in [7, 11) is 1.61. The first-order valence-electron chi connectivity index (χ1n) is 10.4. The molecule has 3 aromatic rings. The van der Waals surface area contributed by atoms with E-state index in [9.17, 15) is 9.59 Å². The molecule has 4 rings (SSSR count). The molecule has 0 radical (unpaired) electrons. The highest BCUT2D eigenvalue weighted by Crippen LogP contribution is 2.25. The van der Waals surface area contributed by atoms with Crippen molar-refractivity contribution in [1.29, 1.82) is 0 Å². The molecule has 0 saturated carbocycles. The van der Waals surface area contributed by atoms with Crippen LogP contribution in [0.1, 0.15) is 27.2 Å². The van der Waals surface area contributed by atoms with Gasteiger partial charge in [0.25, 0.3) is 5.91 Å². The smallest absolute Gasteiger partial charge is 0.290 e. The Morgan fingerprint density at radius 2 is 1.97 bits per heavy atom. The summed E-state index contributed by atoms with van der Waals surface area (Å²) >= 11 is 0. The van der Waals surface area contributed by atoms with Crippen LogP contribution >= 0.6 is 0 Å². The summed E-state index contributed by atoms with van der Waals surface area (Å²) in [6, 6.07) is 14.1. The van der Waals surface area contributed by atoms with Gasteiger partial charge in [0.1, 0.15) is 12.6 Å². The number of fused-ring (bicyclic) bond motifs is 1. The molecule has 0 fully saturated rings. The van der Waals surface area contributed by atoms with E-state index in [4.69, 9.17) is 13.9 Å². The van der Waals surface area contributed by atoms with Crippen molar-refractivity contribution in [2.24, 2.45) is 0 Å². The molecule has 0 bridgehead atoms. The monoisotopic (exact) mass is 435 g/mol. The van der Waals surface area contributed by atoms with Gasteiger partial charge < -0.3 is 24.1 Å². The number of aromatic nitrogens is 1. The van der Waals surface area contributed by atoms with Crippen LogP contribution in [0.5, 0.6) is 5.88 Å². The average molecular weight is 435 g/mol. The molecule has 0 spiro atoms. The molecular formula is C24H25N3O5. The van der Waals surface area contributed by atoms with Gasteiger partial charge in [-0.15, -0.1) is 0 Å². The van der Waals surface area contributed by atoms with Gasteiger partial charge in [-0.25, -0.2) is 4.98 Å². The highest BCUT2D eigenvalue weighted by Gasteiger charge is 2.35. The van der Waals surface area contributed by atoms with Crippen molar-refractivity contribution < 1.29 is 23.5 Å². The van der Waals surface area contributed by atoms with E-state index >= 15 is 0 Å². The highest BCUT2D eigenvalue weighted by atomic mass is 16.5. The summed E-state index contributed by atoms with van der Waals surface area (Å²) in [6.45, 7) is 1.55. The SMILES string of the molecule is COCCOc1ccc(CNC(=O)C2Cc3ccccc3CN2C(=O)c2ccco2)cn1. The predicted octanol–water partition coefficient (Wildman–Crippen LogP) is 2.58. The van der Waals surface area contributed by atoms with E-state index in [0.717, 1.165) is 16.7 Å². The van der Waals surface area contributed by atoms with Crippen LogP contribution in [0.4, 0.5) is 0 Å². The summed E-state index contributed by atoms with van der Waals surface area (Å²) in [6.07, 6.45) is 3.55. The predicted molar refractivity (Wildman–Crippen MR) is 116 cm³/mol. The summed E-state index contributed by atoms with van der Waals surface area (Å²) < 4.78 is 15.7. The van der Waals surface area contributed by atoms with Gasteiger partial charge in [-0.1, -0.05) is 30.3 Å². The number of ether oxygens (including phenoxy) is 2. The Morgan fingerprint density at radius 3 is 2.69 bits per heavy atom. The molecule has 2 aromatic heterocycles. The summed E-state index contributed by atoms with van der Waals surface area (Å²) in [5.74, 6) is 0.190. The first-order chi connectivity index (χ1) is 15.7. The van der Waals surface area contributed by atoms with Gasteiger partial charge in [-0.05, 0) is 28.8 Å². The quantitative estimate of drug-likeness (QED) is 0.547. The Morgan fingerprint density at radius 1 is 1.12 bits per heavy atom. The second-order valence-corrected chi connectivity index (χ2v) is 7.46. The molecule has 8 heteroatoms. The van der Waals surface area contributed by atoms with Gasteiger partial charge in [0, 0.05) is 38.9 Å². The van der Waals surface area contributed by atoms with Crippen molar-refractivity contribution in [2.45, 2.75) is 25.6 Å². The van der Waals surface area contributed by atoms with E-state index < -0.39 is 6.04 Å².